The maximum atomic E-state index is 14.0. The van der Waals surface area contributed by atoms with E-state index in [9.17, 15) is 18.0 Å². The van der Waals surface area contributed by atoms with Crippen LogP contribution in [0.15, 0.2) is 83.3 Å². The number of carbonyl (C=O) groups is 2. The lowest BCUT2D eigenvalue weighted by molar-refractivity contribution is -0.140. The molecule has 0 aliphatic carbocycles. The van der Waals surface area contributed by atoms with Gasteiger partial charge >= 0.3 is 0 Å². The van der Waals surface area contributed by atoms with Crippen LogP contribution >= 0.6 is 38.5 Å². The summed E-state index contributed by atoms with van der Waals surface area (Å²) in [5, 5.41) is 2.94. The summed E-state index contributed by atoms with van der Waals surface area (Å²) >= 11 is 5.57. The number of benzene rings is 3. The Morgan fingerprint density at radius 3 is 2.08 bits per heavy atom. The molecule has 38 heavy (non-hydrogen) atoms. The predicted octanol–water partition coefficient (Wildman–Crippen LogP) is 4.98. The Kier molecular flexibility index (Phi) is 10.8. The Morgan fingerprint density at radius 2 is 1.53 bits per heavy atom. The third-order valence-corrected chi connectivity index (χ3v) is 8.15. The molecule has 3 aromatic carbocycles. The molecule has 7 nitrogen and oxygen atoms in total. The van der Waals surface area contributed by atoms with Crippen LogP contribution < -0.4 is 9.62 Å². The van der Waals surface area contributed by atoms with Gasteiger partial charge in [0, 0.05) is 27.1 Å². The van der Waals surface area contributed by atoms with E-state index in [4.69, 9.17) is 0 Å². The SMILES string of the molecule is CC(C)NC(=O)[C@@H](Cc1ccccc1)N(Cc1ccc(Br)cc1)C(=O)CN(c1ccc(I)cc1)S(C)(=O)=O. The van der Waals surface area contributed by atoms with Crippen molar-refractivity contribution in [2.75, 3.05) is 17.1 Å². The molecule has 0 aromatic heterocycles. The Morgan fingerprint density at radius 1 is 0.921 bits per heavy atom. The zero-order valence-corrected chi connectivity index (χ0v) is 26.0. The molecule has 0 fully saturated rings. The normalized spacial score (nSPS) is 12.2. The van der Waals surface area contributed by atoms with Crippen LogP contribution in [0.3, 0.4) is 0 Å². The summed E-state index contributed by atoms with van der Waals surface area (Å²) in [6, 6.07) is 22.9. The van der Waals surface area contributed by atoms with Crippen LogP contribution in [0.1, 0.15) is 25.0 Å². The highest BCUT2D eigenvalue weighted by Gasteiger charge is 2.33. The number of halogens is 2. The number of anilines is 1. The van der Waals surface area contributed by atoms with Crippen molar-refractivity contribution in [1.82, 2.24) is 10.2 Å². The lowest BCUT2D eigenvalue weighted by Crippen LogP contribution is -2.54. The maximum absolute atomic E-state index is 14.0. The number of rotatable bonds is 11. The van der Waals surface area contributed by atoms with Gasteiger partial charge in [0.2, 0.25) is 21.8 Å². The molecule has 1 N–H and O–H groups in total. The molecule has 202 valence electrons. The highest BCUT2D eigenvalue weighted by Crippen LogP contribution is 2.22. The maximum Gasteiger partial charge on any atom is 0.244 e. The molecule has 0 heterocycles. The fraction of sp³-hybridized carbons (Fsp3) is 0.286. The molecule has 3 rings (SSSR count). The second kappa shape index (κ2) is 13.6. The van der Waals surface area contributed by atoms with Crippen molar-refractivity contribution in [2.45, 2.75) is 38.9 Å². The highest BCUT2D eigenvalue weighted by molar-refractivity contribution is 14.1. The van der Waals surface area contributed by atoms with Crippen molar-refractivity contribution < 1.29 is 18.0 Å². The van der Waals surface area contributed by atoms with Gasteiger partial charge in [-0.2, -0.15) is 0 Å². The minimum Gasteiger partial charge on any atom is -0.352 e. The number of sulfonamides is 1. The van der Waals surface area contributed by atoms with Crippen LogP contribution in [0.25, 0.3) is 0 Å². The zero-order valence-electron chi connectivity index (χ0n) is 21.5. The number of nitrogens with one attached hydrogen (secondary N) is 1. The fourth-order valence-corrected chi connectivity index (χ4v) is 5.42. The summed E-state index contributed by atoms with van der Waals surface area (Å²) in [7, 11) is -3.79. The molecule has 1 atom stereocenters. The van der Waals surface area contributed by atoms with Crippen LogP contribution in [0.2, 0.25) is 0 Å². The molecule has 0 aliphatic heterocycles. The average molecular weight is 712 g/mol. The summed E-state index contributed by atoms with van der Waals surface area (Å²) in [5.74, 6) is -0.772. The predicted molar refractivity (Wildman–Crippen MR) is 163 cm³/mol. The van der Waals surface area contributed by atoms with E-state index in [0.717, 1.165) is 29.7 Å². The highest BCUT2D eigenvalue weighted by atomic mass is 127. The third kappa shape index (κ3) is 8.81. The molecule has 3 aromatic rings. The van der Waals surface area contributed by atoms with Gasteiger partial charge < -0.3 is 10.2 Å². The molecule has 0 saturated carbocycles. The summed E-state index contributed by atoms with van der Waals surface area (Å²) in [6.07, 6.45) is 1.36. The van der Waals surface area contributed by atoms with Crippen molar-refractivity contribution in [1.29, 1.82) is 0 Å². The Hall–Kier alpha value is -2.44. The van der Waals surface area contributed by atoms with Crippen LogP contribution in [0.4, 0.5) is 5.69 Å². The molecule has 0 spiro atoms. The molecule has 0 unspecified atom stereocenters. The minimum absolute atomic E-state index is 0.135. The number of hydrogen-bond acceptors (Lipinski definition) is 4. The number of nitrogens with zero attached hydrogens (tertiary/aromatic N) is 2. The zero-order chi connectivity index (χ0) is 27.9. The van der Waals surface area contributed by atoms with Gasteiger partial charge in [0.1, 0.15) is 12.6 Å². The van der Waals surface area contributed by atoms with E-state index in [-0.39, 0.29) is 24.9 Å². The van der Waals surface area contributed by atoms with Gasteiger partial charge in [0.25, 0.3) is 0 Å². The van der Waals surface area contributed by atoms with E-state index in [1.165, 1.54) is 4.90 Å². The van der Waals surface area contributed by atoms with Gasteiger partial charge in [-0.1, -0.05) is 58.4 Å². The van der Waals surface area contributed by atoms with Gasteiger partial charge in [0.15, 0.2) is 0 Å². The van der Waals surface area contributed by atoms with Crippen molar-refractivity contribution in [2.24, 2.45) is 0 Å². The smallest absolute Gasteiger partial charge is 0.244 e. The average Bonchev–Trinajstić information content (AvgIpc) is 2.86. The largest absolute Gasteiger partial charge is 0.352 e. The van der Waals surface area contributed by atoms with Crippen LogP contribution in [0, 0.1) is 3.57 Å². The van der Waals surface area contributed by atoms with Crippen LogP contribution in [-0.2, 0) is 32.6 Å². The third-order valence-electron chi connectivity index (χ3n) is 5.76. The molecule has 0 bridgehead atoms. The van der Waals surface area contributed by atoms with Gasteiger partial charge in [-0.05, 0) is 84.0 Å². The van der Waals surface area contributed by atoms with Crippen molar-refractivity contribution in [3.8, 4) is 0 Å². The van der Waals surface area contributed by atoms with E-state index in [0.29, 0.717) is 5.69 Å². The monoisotopic (exact) mass is 711 g/mol. The number of carbonyl (C=O) groups excluding carboxylic acids is 2. The molecule has 2 amide bonds. The lowest BCUT2D eigenvalue weighted by Gasteiger charge is -2.34. The Labute approximate surface area is 246 Å². The molecule has 0 saturated heterocycles. The van der Waals surface area contributed by atoms with Crippen molar-refractivity contribution in [3.63, 3.8) is 0 Å². The van der Waals surface area contributed by atoms with E-state index < -0.39 is 28.5 Å². The summed E-state index contributed by atoms with van der Waals surface area (Å²) in [5.41, 5.74) is 2.09. The quantitative estimate of drug-likeness (QED) is 0.285. The molecular weight excluding hydrogens is 681 g/mol. The second-order valence-electron chi connectivity index (χ2n) is 9.26. The molecule has 0 aliphatic rings. The summed E-state index contributed by atoms with van der Waals surface area (Å²) in [6.45, 7) is 3.43. The van der Waals surface area contributed by atoms with Crippen molar-refractivity contribution in [3.05, 3.63) is 98.0 Å². The Balaban J connectivity index is 2.04. The van der Waals surface area contributed by atoms with E-state index in [2.05, 4.69) is 43.8 Å². The summed E-state index contributed by atoms with van der Waals surface area (Å²) in [4.78, 5) is 28.9. The van der Waals surface area contributed by atoms with Gasteiger partial charge in [-0.25, -0.2) is 8.42 Å². The first-order chi connectivity index (χ1) is 17.9. The number of amides is 2. The summed E-state index contributed by atoms with van der Waals surface area (Å²) < 4.78 is 28.5. The Bertz CT molecular complexity index is 1330. The first kappa shape index (κ1) is 30.1. The standard InChI is InChI=1S/C28H31BrIN3O4S/c1-20(2)31-28(35)26(17-21-7-5-4-6-8-21)32(18-22-9-11-23(29)12-10-22)27(34)19-33(38(3,36)37)25-15-13-24(30)14-16-25/h4-16,20,26H,17-19H2,1-3H3,(H,31,35)/t26-/m1/s1. The minimum atomic E-state index is -3.79. The fourth-order valence-electron chi connectivity index (χ4n) is 3.94. The van der Waals surface area contributed by atoms with Crippen LogP contribution in [0.5, 0.6) is 0 Å². The second-order valence-corrected chi connectivity index (χ2v) is 13.3. The van der Waals surface area contributed by atoms with Crippen molar-refractivity contribution >= 4 is 66.0 Å². The topological polar surface area (TPSA) is 86.8 Å². The molecular formula is C28H31BrIN3O4S. The first-order valence-electron chi connectivity index (χ1n) is 12.1. The van der Waals surface area contributed by atoms with Gasteiger partial charge in [0.05, 0.1) is 11.9 Å². The molecule has 10 heteroatoms. The first-order valence-corrected chi connectivity index (χ1v) is 15.8. The number of hydrogen-bond donors (Lipinski definition) is 1. The van der Waals surface area contributed by atoms with E-state index in [1.807, 2.05) is 68.4 Å². The lowest BCUT2D eigenvalue weighted by atomic mass is 10.0. The van der Waals surface area contributed by atoms with Gasteiger partial charge in [-0.3, -0.25) is 13.9 Å². The van der Waals surface area contributed by atoms with E-state index in [1.54, 1.807) is 24.3 Å². The van der Waals surface area contributed by atoms with Gasteiger partial charge in [-0.15, -0.1) is 0 Å². The molecule has 0 radical (unpaired) electrons. The van der Waals surface area contributed by atoms with E-state index >= 15 is 0 Å². The van der Waals surface area contributed by atoms with Crippen LogP contribution in [-0.4, -0.2) is 50.0 Å².